The highest BCUT2D eigenvalue weighted by Crippen LogP contribution is 2.16. The van der Waals surface area contributed by atoms with Gasteiger partial charge in [-0.2, -0.15) is 5.26 Å². The normalized spacial score (nSPS) is 11.3. The molecule has 0 saturated heterocycles. The molecule has 2 rings (SSSR count). The Balaban J connectivity index is 2.03. The lowest BCUT2D eigenvalue weighted by atomic mass is 10.2. The number of nitrogens with zero attached hydrogens (tertiary/aromatic N) is 1. The molecule has 0 bridgehead atoms. The van der Waals surface area contributed by atoms with Gasteiger partial charge in [0.15, 0.2) is 6.10 Å². The van der Waals surface area contributed by atoms with E-state index in [1.165, 1.54) is 24.3 Å². The third-order valence-electron chi connectivity index (χ3n) is 2.78. The monoisotopic (exact) mass is 284 g/mol. The van der Waals surface area contributed by atoms with Gasteiger partial charge in [0.1, 0.15) is 11.6 Å². The maximum absolute atomic E-state index is 13.4. The van der Waals surface area contributed by atoms with Crippen molar-refractivity contribution in [2.45, 2.75) is 13.0 Å². The molecule has 0 heterocycles. The topological polar surface area (TPSA) is 62.1 Å². The van der Waals surface area contributed by atoms with Crippen LogP contribution in [0.3, 0.4) is 0 Å². The summed E-state index contributed by atoms with van der Waals surface area (Å²) < 4.78 is 18.9. The van der Waals surface area contributed by atoms with E-state index >= 15 is 0 Å². The summed E-state index contributed by atoms with van der Waals surface area (Å²) in [6, 6.07) is 14.4. The molecule has 0 fully saturated rings. The molecule has 0 unspecified atom stereocenters. The van der Waals surface area contributed by atoms with Crippen molar-refractivity contribution >= 4 is 11.6 Å². The minimum Gasteiger partial charge on any atom is -0.481 e. The van der Waals surface area contributed by atoms with Crippen LogP contribution in [0.2, 0.25) is 0 Å². The molecule has 1 atom stereocenters. The molecule has 0 radical (unpaired) electrons. The van der Waals surface area contributed by atoms with Gasteiger partial charge < -0.3 is 10.1 Å². The lowest BCUT2D eigenvalue weighted by Gasteiger charge is -2.15. The van der Waals surface area contributed by atoms with E-state index < -0.39 is 17.8 Å². The fraction of sp³-hybridized carbons (Fsp3) is 0.125. The van der Waals surface area contributed by atoms with Gasteiger partial charge in [-0.3, -0.25) is 4.79 Å². The number of amides is 1. The number of nitriles is 1. The Bertz CT molecular complexity index is 695. The third-order valence-corrected chi connectivity index (χ3v) is 2.78. The zero-order chi connectivity index (χ0) is 15.2. The molecule has 5 heteroatoms. The molecule has 21 heavy (non-hydrogen) atoms. The molecule has 1 N–H and O–H groups in total. The average molecular weight is 284 g/mol. The maximum atomic E-state index is 13.4. The second-order valence-electron chi connectivity index (χ2n) is 4.37. The molecule has 0 saturated carbocycles. The number of carbonyl (C=O) groups excluding carboxylic acids is 1. The van der Waals surface area contributed by atoms with E-state index in [2.05, 4.69) is 5.32 Å². The second-order valence-corrected chi connectivity index (χ2v) is 4.37. The number of nitrogens with one attached hydrogen (secondary N) is 1. The van der Waals surface area contributed by atoms with Crippen molar-refractivity contribution < 1.29 is 13.9 Å². The maximum Gasteiger partial charge on any atom is 0.265 e. The summed E-state index contributed by atoms with van der Waals surface area (Å²) in [5.74, 6) is -0.572. The molecule has 0 spiro atoms. The van der Waals surface area contributed by atoms with E-state index in [-0.39, 0.29) is 5.69 Å². The zero-order valence-electron chi connectivity index (χ0n) is 11.3. The van der Waals surface area contributed by atoms with Gasteiger partial charge in [-0.15, -0.1) is 0 Å². The molecule has 0 aliphatic carbocycles. The third kappa shape index (κ3) is 3.80. The summed E-state index contributed by atoms with van der Waals surface area (Å²) in [4.78, 5) is 12.0. The second kappa shape index (κ2) is 6.53. The minimum absolute atomic E-state index is 0.101. The smallest absolute Gasteiger partial charge is 0.265 e. The highest BCUT2D eigenvalue weighted by atomic mass is 19.1. The molecule has 0 aromatic heterocycles. The van der Waals surface area contributed by atoms with Crippen molar-refractivity contribution in [3.8, 4) is 11.8 Å². The number of carbonyl (C=O) groups is 1. The Labute approximate surface area is 121 Å². The first kappa shape index (κ1) is 14.5. The van der Waals surface area contributed by atoms with Gasteiger partial charge in [0.2, 0.25) is 0 Å². The molecule has 0 aliphatic heterocycles. The van der Waals surface area contributed by atoms with Crippen LogP contribution in [0.5, 0.6) is 5.75 Å². The molecule has 0 aliphatic rings. The van der Waals surface area contributed by atoms with Crippen molar-refractivity contribution in [2.24, 2.45) is 0 Å². The number of benzene rings is 2. The largest absolute Gasteiger partial charge is 0.481 e. The van der Waals surface area contributed by atoms with Crippen LogP contribution in [0.15, 0.2) is 48.5 Å². The van der Waals surface area contributed by atoms with Crippen LogP contribution in [0.25, 0.3) is 0 Å². The first-order valence-electron chi connectivity index (χ1n) is 6.32. The van der Waals surface area contributed by atoms with Crippen LogP contribution in [0.4, 0.5) is 10.1 Å². The fourth-order valence-corrected chi connectivity index (χ4v) is 1.69. The van der Waals surface area contributed by atoms with Crippen LogP contribution < -0.4 is 10.1 Å². The Morgan fingerprint density at radius 3 is 2.76 bits per heavy atom. The van der Waals surface area contributed by atoms with Gasteiger partial charge in [0.05, 0.1) is 17.3 Å². The number of anilines is 1. The van der Waals surface area contributed by atoms with E-state index in [1.807, 2.05) is 6.07 Å². The summed E-state index contributed by atoms with van der Waals surface area (Å²) in [6.45, 7) is 1.55. The molecule has 4 nitrogen and oxygen atoms in total. The first-order chi connectivity index (χ1) is 10.1. The molecule has 2 aromatic carbocycles. The van der Waals surface area contributed by atoms with Crippen molar-refractivity contribution in [1.29, 1.82) is 5.26 Å². The van der Waals surface area contributed by atoms with Crippen molar-refractivity contribution in [3.63, 3.8) is 0 Å². The fourth-order valence-electron chi connectivity index (χ4n) is 1.69. The number of para-hydroxylation sites is 1. The molecule has 1 amide bonds. The molecule has 106 valence electrons. The van der Waals surface area contributed by atoms with Gasteiger partial charge in [0.25, 0.3) is 5.91 Å². The SMILES string of the molecule is C[C@@H](Oc1cccc(C#N)c1)C(=O)Nc1ccccc1F. The van der Waals surface area contributed by atoms with E-state index in [1.54, 1.807) is 31.2 Å². The number of ether oxygens (including phenoxy) is 1. The van der Waals surface area contributed by atoms with E-state index in [4.69, 9.17) is 10.00 Å². The lowest BCUT2D eigenvalue weighted by Crippen LogP contribution is -2.30. The summed E-state index contributed by atoms with van der Waals surface area (Å²) in [6.07, 6.45) is -0.821. The summed E-state index contributed by atoms with van der Waals surface area (Å²) in [7, 11) is 0. The van der Waals surface area contributed by atoms with Crippen LogP contribution in [0.1, 0.15) is 12.5 Å². The van der Waals surface area contributed by atoms with Gasteiger partial charge in [-0.1, -0.05) is 18.2 Å². The summed E-state index contributed by atoms with van der Waals surface area (Å²) in [5, 5.41) is 11.3. The Hall–Kier alpha value is -2.87. The van der Waals surface area contributed by atoms with Gasteiger partial charge >= 0.3 is 0 Å². The number of hydrogen-bond acceptors (Lipinski definition) is 3. The lowest BCUT2D eigenvalue weighted by molar-refractivity contribution is -0.122. The predicted molar refractivity (Wildman–Crippen MR) is 76.3 cm³/mol. The predicted octanol–water partition coefficient (Wildman–Crippen LogP) is 3.10. The number of halogens is 1. The van der Waals surface area contributed by atoms with Crippen LogP contribution in [-0.4, -0.2) is 12.0 Å². The standard InChI is InChI=1S/C16H13FN2O2/c1-11(21-13-6-4-5-12(9-13)10-18)16(20)19-15-8-3-2-7-14(15)17/h2-9,11H,1H3,(H,19,20)/t11-/m1/s1. The zero-order valence-corrected chi connectivity index (χ0v) is 11.3. The Morgan fingerprint density at radius 2 is 2.05 bits per heavy atom. The molecule has 2 aromatic rings. The van der Waals surface area contributed by atoms with Crippen molar-refractivity contribution in [2.75, 3.05) is 5.32 Å². The van der Waals surface area contributed by atoms with Crippen LogP contribution in [-0.2, 0) is 4.79 Å². The van der Waals surface area contributed by atoms with Crippen molar-refractivity contribution in [1.82, 2.24) is 0 Å². The first-order valence-corrected chi connectivity index (χ1v) is 6.32. The van der Waals surface area contributed by atoms with Crippen molar-refractivity contribution in [3.05, 3.63) is 59.9 Å². The highest BCUT2D eigenvalue weighted by Gasteiger charge is 2.16. The number of rotatable bonds is 4. The summed E-state index contributed by atoms with van der Waals surface area (Å²) >= 11 is 0. The minimum atomic E-state index is -0.821. The molecular weight excluding hydrogens is 271 g/mol. The van der Waals surface area contributed by atoms with Crippen LogP contribution in [0, 0.1) is 17.1 Å². The van der Waals surface area contributed by atoms with E-state index in [0.29, 0.717) is 11.3 Å². The summed E-state index contributed by atoms with van der Waals surface area (Å²) in [5.41, 5.74) is 0.540. The Kier molecular flexibility index (Phi) is 4.52. The van der Waals surface area contributed by atoms with E-state index in [9.17, 15) is 9.18 Å². The van der Waals surface area contributed by atoms with Gasteiger partial charge in [-0.05, 0) is 37.3 Å². The Morgan fingerprint density at radius 1 is 1.29 bits per heavy atom. The quantitative estimate of drug-likeness (QED) is 0.938. The van der Waals surface area contributed by atoms with E-state index in [0.717, 1.165) is 0 Å². The van der Waals surface area contributed by atoms with Crippen LogP contribution >= 0.6 is 0 Å². The molecular formula is C16H13FN2O2. The average Bonchev–Trinajstić information content (AvgIpc) is 2.49. The number of hydrogen-bond donors (Lipinski definition) is 1. The highest BCUT2D eigenvalue weighted by molar-refractivity contribution is 5.94. The van der Waals surface area contributed by atoms with Gasteiger partial charge in [0, 0.05) is 0 Å². The van der Waals surface area contributed by atoms with Gasteiger partial charge in [-0.25, -0.2) is 4.39 Å².